The number of aryl methyl sites for hydroxylation is 1. The Morgan fingerprint density at radius 1 is 1.32 bits per heavy atom. The molecule has 0 spiro atoms. The van der Waals surface area contributed by atoms with E-state index in [1.807, 2.05) is 25.4 Å². The van der Waals surface area contributed by atoms with Crippen LogP contribution in [-0.4, -0.2) is 34.7 Å². The molecule has 0 aliphatic heterocycles. The molecule has 0 aliphatic carbocycles. The van der Waals surface area contributed by atoms with Crippen molar-refractivity contribution in [3.05, 3.63) is 42.9 Å². The zero-order valence-corrected chi connectivity index (χ0v) is 10.3. The van der Waals surface area contributed by atoms with E-state index in [-0.39, 0.29) is 0 Å². The van der Waals surface area contributed by atoms with Gasteiger partial charge < -0.3 is 5.32 Å². The summed E-state index contributed by atoms with van der Waals surface area (Å²) in [6.07, 6.45) is 6.69. The van der Waals surface area contributed by atoms with E-state index in [1.165, 1.54) is 6.33 Å². The van der Waals surface area contributed by atoms with Crippen molar-refractivity contribution in [3.63, 3.8) is 0 Å². The fraction of sp³-hybridized carbons (Fsp3) is 0.182. The first kappa shape index (κ1) is 11.3. The number of hydrogen-bond acceptors (Lipinski definition) is 6. The molecule has 0 fully saturated rings. The summed E-state index contributed by atoms with van der Waals surface area (Å²) in [4.78, 5) is 8.17. The van der Waals surface area contributed by atoms with Gasteiger partial charge in [0.25, 0.3) is 0 Å². The summed E-state index contributed by atoms with van der Waals surface area (Å²) in [5.74, 6) is 0.725. The predicted octanol–water partition coefficient (Wildman–Crippen LogP) is 0.403. The minimum Gasteiger partial charge on any atom is -0.378 e. The SMILES string of the molecule is Cn1cc(CNc2ccc(-n3cncn3)nc2)nn1. The van der Waals surface area contributed by atoms with Gasteiger partial charge in [-0.25, -0.2) is 14.6 Å². The maximum Gasteiger partial charge on any atom is 0.155 e. The quantitative estimate of drug-likeness (QED) is 0.727. The molecule has 0 unspecified atom stereocenters. The van der Waals surface area contributed by atoms with E-state index >= 15 is 0 Å². The van der Waals surface area contributed by atoms with Crippen molar-refractivity contribution < 1.29 is 0 Å². The number of rotatable bonds is 4. The molecule has 0 saturated heterocycles. The van der Waals surface area contributed by atoms with Crippen molar-refractivity contribution in [2.45, 2.75) is 6.54 Å². The van der Waals surface area contributed by atoms with E-state index < -0.39 is 0 Å². The van der Waals surface area contributed by atoms with Crippen molar-refractivity contribution in [3.8, 4) is 5.82 Å². The Morgan fingerprint density at radius 3 is 2.89 bits per heavy atom. The zero-order valence-electron chi connectivity index (χ0n) is 10.3. The topological polar surface area (TPSA) is 86.3 Å². The molecule has 3 rings (SSSR count). The highest BCUT2D eigenvalue weighted by molar-refractivity contribution is 5.43. The summed E-state index contributed by atoms with van der Waals surface area (Å²) in [7, 11) is 1.84. The van der Waals surface area contributed by atoms with Gasteiger partial charge in [-0.15, -0.1) is 5.10 Å². The Morgan fingerprint density at radius 2 is 2.26 bits per heavy atom. The van der Waals surface area contributed by atoms with Gasteiger partial charge in [0, 0.05) is 13.2 Å². The van der Waals surface area contributed by atoms with Gasteiger partial charge in [-0.1, -0.05) is 5.21 Å². The van der Waals surface area contributed by atoms with Gasteiger partial charge in [0.1, 0.15) is 18.3 Å². The van der Waals surface area contributed by atoms with Crippen molar-refractivity contribution in [2.75, 3.05) is 5.32 Å². The number of nitrogens with zero attached hydrogens (tertiary/aromatic N) is 7. The Labute approximate surface area is 109 Å². The second kappa shape index (κ2) is 4.84. The molecule has 3 aromatic heterocycles. The van der Waals surface area contributed by atoms with Crippen LogP contribution in [0.25, 0.3) is 5.82 Å². The van der Waals surface area contributed by atoms with E-state index in [0.29, 0.717) is 6.54 Å². The summed E-state index contributed by atoms with van der Waals surface area (Å²) in [5, 5.41) is 15.1. The monoisotopic (exact) mass is 256 g/mol. The van der Waals surface area contributed by atoms with Gasteiger partial charge in [0.2, 0.25) is 0 Å². The molecule has 96 valence electrons. The standard InChI is InChI=1S/C11H12N8/c1-18-6-10(16-17-18)5-13-9-2-3-11(14-4-9)19-8-12-7-15-19/h2-4,6-8,13H,5H2,1H3. The lowest BCUT2D eigenvalue weighted by atomic mass is 10.4. The smallest absolute Gasteiger partial charge is 0.155 e. The fourth-order valence-electron chi connectivity index (χ4n) is 1.62. The van der Waals surface area contributed by atoms with Crippen LogP contribution in [0.3, 0.4) is 0 Å². The second-order valence-corrected chi connectivity index (χ2v) is 3.98. The minimum atomic E-state index is 0.609. The molecule has 0 saturated carbocycles. The highest BCUT2D eigenvalue weighted by Gasteiger charge is 2.01. The van der Waals surface area contributed by atoms with Crippen LogP contribution >= 0.6 is 0 Å². The molecule has 3 heterocycles. The van der Waals surface area contributed by atoms with Crippen LogP contribution in [0.5, 0.6) is 0 Å². The normalized spacial score (nSPS) is 10.6. The first-order valence-corrected chi connectivity index (χ1v) is 5.71. The molecule has 0 aliphatic rings. The number of anilines is 1. The molecule has 0 aromatic carbocycles. The van der Waals surface area contributed by atoms with Crippen molar-refractivity contribution in [1.29, 1.82) is 0 Å². The Balaban J connectivity index is 1.66. The lowest BCUT2D eigenvalue weighted by Gasteiger charge is -2.04. The van der Waals surface area contributed by atoms with Crippen LogP contribution in [0.15, 0.2) is 37.2 Å². The number of pyridine rings is 1. The van der Waals surface area contributed by atoms with Gasteiger partial charge in [0.15, 0.2) is 5.82 Å². The lowest BCUT2D eigenvalue weighted by molar-refractivity contribution is 0.713. The third-order valence-electron chi connectivity index (χ3n) is 2.53. The van der Waals surface area contributed by atoms with Crippen LogP contribution in [0, 0.1) is 0 Å². The van der Waals surface area contributed by atoms with E-state index in [4.69, 9.17) is 0 Å². The lowest BCUT2D eigenvalue weighted by Crippen LogP contribution is -2.02. The van der Waals surface area contributed by atoms with Crippen LogP contribution in [0.4, 0.5) is 5.69 Å². The minimum absolute atomic E-state index is 0.609. The highest BCUT2D eigenvalue weighted by atomic mass is 15.4. The number of hydrogen-bond donors (Lipinski definition) is 1. The van der Waals surface area contributed by atoms with Gasteiger partial charge in [-0.2, -0.15) is 5.10 Å². The molecule has 8 heteroatoms. The Kier molecular flexibility index (Phi) is 2.89. The largest absolute Gasteiger partial charge is 0.378 e. The zero-order chi connectivity index (χ0) is 13.1. The van der Waals surface area contributed by atoms with E-state index in [2.05, 4.69) is 30.7 Å². The van der Waals surface area contributed by atoms with Gasteiger partial charge in [-0.3, -0.25) is 4.68 Å². The second-order valence-electron chi connectivity index (χ2n) is 3.98. The van der Waals surface area contributed by atoms with Gasteiger partial charge >= 0.3 is 0 Å². The van der Waals surface area contributed by atoms with Crippen molar-refractivity contribution in [1.82, 2.24) is 34.7 Å². The van der Waals surface area contributed by atoms with E-state index in [0.717, 1.165) is 17.2 Å². The maximum atomic E-state index is 4.30. The predicted molar refractivity (Wildman–Crippen MR) is 67.5 cm³/mol. The fourth-order valence-corrected chi connectivity index (χ4v) is 1.62. The summed E-state index contributed by atoms with van der Waals surface area (Å²) >= 11 is 0. The molecule has 0 radical (unpaired) electrons. The van der Waals surface area contributed by atoms with Crippen molar-refractivity contribution >= 4 is 5.69 Å². The summed E-state index contributed by atoms with van der Waals surface area (Å²) in [6, 6.07) is 3.80. The van der Waals surface area contributed by atoms with Crippen LogP contribution < -0.4 is 5.32 Å². The molecule has 3 aromatic rings. The van der Waals surface area contributed by atoms with Crippen LogP contribution in [-0.2, 0) is 13.6 Å². The third kappa shape index (κ3) is 2.57. The molecule has 0 amide bonds. The number of aromatic nitrogens is 7. The molecule has 1 N–H and O–H groups in total. The molecule has 8 nitrogen and oxygen atoms in total. The van der Waals surface area contributed by atoms with Gasteiger partial charge in [0.05, 0.1) is 18.4 Å². The van der Waals surface area contributed by atoms with Crippen molar-refractivity contribution in [2.24, 2.45) is 7.05 Å². The van der Waals surface area contributed by atoms with Crippen LogP contribution in [0.1, 0.15) is 5.69 Å². The van der Waals surface area contributed by atoms with Crippen LogP contribution in [0.2, 0.25) is 0 Å². The molecular weight excluding hydrogens is 244 g/mol. The Hall–Kier alpha value is -2.77. The average molecular weight is 256 g/mol. The summed E-state index contributed by atoms with van der Waals surface area (Å²) in [5.41, 5.74) is 1.79. The first-order chi connectivity index (χ1) is 9.31. The molecule has 19 heavy (non-hydrogen) atoms. The molecule has 0 bridgehead atoms. The summed E-state index contributed by atoms with van der Waals surface area (Å²) in [6.45, 7) is 0.609. The first-order valence-electron chi connectivity index (χ1n) is 5.71. The maximum absolute atomic E-state index is 4.30. The molecular formula is C11H12N8. The van der Waals surface area contributed by atoms with E-state index in [1.54, 1.807) is 21.9 Å². The van der Waals surface area contributed by atoms with Gasteiger partial charge in [-0.05, 0) is 12.1 Å². The average Bonchev–Trinajstić information content (AvgIpc) is 3.08. The van der Waals surface area contributed by atoms with E-state index in [9.17, 15) is 0 Å². The highest BCUT2D eigenvalue weighted by Crippen LogP contribution is 2.09. The Bertz CT molecular complexity index is 640. The summed E-state index contributed by atoms with van der Waals surface area (Å²) < 4.78 is 3.27. The molecule has 0 atom stereocenters. The third-order valence-corrected chi connectivity index (χ3v) is 2.53. The number of nitrogens with one attached hydrogen (secondary N) is 1.